The molecule has 0 saturated carbocycles. The van der Waals surface area contributed by atoms with Crippen molar-refractivity contribution in [3.63, 3.8) is 0 Å². The van der Waals surface area contributed by atoms with Crippen LogP contribution in [0, 0.1) is 0 Å². The van der Waals surface area contributed by atoms with E-state index in [2.05, 4.69) is 16.0 Å². The molecule has 0 aliphatic carbocycles. The largest absolute Gasteiger partial charge is 0.376 e. The van der Waals surface area contributed by atoms with Crippen LogP contribution in [-0.2, 0) is 21.4 Å². The number of urea groups is 1. The van der Waals surface area contributed by atoms with Crippen LogP contribution in [0.2, 0.25) is 0 Å². The summed E-state index contributed by atoms with van der Waals surface area (Å²) in [4.78, 5) is 23.8. The molecule has 0 bridgehead atoms. The van der Waals surface area contributed by atoms with Crippen LogP contribution in [0.1, 0.15) is 19.4 Å². The van der Waals surface area contributed by atoms with Gasteiger partial charge in [-0.25, -0.2) is 13.2 Å². The van der Waals surface area contributed by atoms with E-state index in [-0.39, 0.29) is 17.5 Å². The number of anilines is 1. The normalized spacial score (nSPS) is 11.3. The van der Waals surface area contributed by atoms with Gasteiger partial charge in [-0.3, -0.25) is 10.1 Å². The highest BCUT2D eigenvalue weighted by molar-refractivity contribution is 7.89. The van der Waals surface area contributed by atoms with E-state index in [0.717, 1.165) is 5.56 Å². The number of imide groups is 1. The molecule has 29 heavy (non-hydrogen) atoms. The van der Waals surface area contributed by atoms with Crippen LogP contribution in [0.3, 0.4) is 0 Å². The number of nitrogens with zero attached hydrogens (tertiary/aromatic N) is 1. The first-order chi connectivity index (χ1) is 13.7. The molecule has 3 amide bonds. The molecule has 156 valence electrons. The SMILES string of the molecule is CC(C)N(C)S(=O)(=O)c1ccc(NCC(=O)NC(=O)NCc2ccccc2)cc1. The van der Waals surface area contributed by atoms with E-state index in [9.17, 15) is 18.0 Å². The van der Waals surface area contributed by atoms with E-state index in [0.29, 0.717) is 12.2 Å². The third kappa shape index (κ3) is 6.58. The van der Waals surface area contributed by atoms with Gasteiger partial charge in [0.2, 0.25) is 15.9 Å². The van der Waals surface area contributed by atoms with Crippen molar-refractivity contribution in [2.24, 2.45) is 0 Å². The molecule has 2 aromatic rings. The zero-order valence-electron chi connectivity index (χ0n) is 16.7. The highest BCUT2D eigenvalue weighted by atomic mass is 32.2. The monoisotopic (exact) mass is 418 g/mol. The maximum atomic E-state index is 12.4. The van der Waals surface area contributed by atoms with Crippen LogP contribution in [0.25, 0.3) is 0 Å². The Labute approximate surface area is 171 Å². The number of carbonyl (C=O) groups excluding carboxylic acids is 2. The Morgan fingerprint density at radius 3 is 2.21 bits per heavy atom. The quantitative estimate of drug-likeness (QED) is 0.609. The molecule has 0 aromatic heterocycles. The third-order valence-electron chi connectivity index (χ3n) is 4.26. The number of hydrogen-bond donors (Lipinski definition) is 3. The number of sulfonamides is 1. The van der Waals surface area contributed by atoms with E-state index < -0.39 is 22.0 Å². The molecule has 2 aromatic carbocycles. The Balaban J connectivity index is 1.82. The second-order valence-electron chi connectivity index (χ2n) is 6.71. The van der Waals surface area contributed by atoms with Crippen molar-refractivity contribution in [2.45, 2.75) is 31.3 Å². The van der Waals surface area contributed by atoms with E-state index in [4.69, 9.17) is 0 Å². The molecule has 0 unspecified atom stereocenters. The minimum absolute atomic E-state index is 0.128. The van der Waals surface area contributed by atoms with Crippen molar-refractivity contribution in [3.05, 3.63) is 60.2 Å². The minimum atomic E-state index is -3.56. The summed E-state index contributed by atoms with van der Waals surface area (Å²) in [5, 5.41) is 7.68. The highest BCUT2D eigenvalue weighted by Crippen LogP contribution is 2.18. The first-order valence-corrected chi connectivity index (χ1v) is 10.6. The predicted molar refractivity (Wildman–Crippen MR) is 112 cm³/mol. The van der Waals surface area contributed by atoms with Crippen LogP contribution in [0.15, 0.2) is 59.5 Å². The van der Waals surface area contributed by atoms with Gasteiger partial charge in [-0.15, -0.1) is 0 Å². The van der Waals surface area contributed by atoms with Crippen LogP contribution >= 0.6 is 0 Å². The van der Waals surface area contributed by atoms with Crippen molar-refractivity contribution in [3.8, 4) is 0 Å². The smallest absolute Gasteiger partial charge is 0.321 e. The summed E-state index contributed by atoms with van der Waals surface area (Å²) >= 11 is 0. The average Bonchev–Trinajstić information content (AvgIpc) is 2.71. The summed E-state index contributed by atoms with van der Waals surface area (Å²) < 4.78 is 26.2. The van der Waals surface area contributed by atoms with Crippen molar-refractivity contribution in [1.29, 1.82) is 0 Å². The minimum Gasteiger partial charge on any atom is -0.376 e. The molecule has 9 heteroatoms. The van der Waals surface area contributed by atoms with E-state index >= 15 is 0 Å². The lowest BCUT2D eigenvalue weighted by atomic mass is 10.2. The summed E-state index contributed by atoms with van der Waals surface area (Å²) in [6, 6.07) is 14.7. The van der Waals surface area contributed by atoms with Crippen molar-refractivity contribution >= 4 is 27.6 Å². The average molecular weight is 419 g/mol. The van der Waals surface area contributed by atoms with Crippen molar-refractivity contribution in [1.82, 2.24) is 14.9 Å². The molecular weight excluding hydrogens is 392 g/mol. The zero-order chi connectivity index (χ0) is 21.4. The predicted octanol–water partition coefficient (Wildman–Crippen LogP) is 2.15. The van der Waals surface area contributed by atoms with Gasteiger partial charge in [0.1, 0.15) is 0 Å². The topological polar surface area (TPSA) is 108 Å². The molecule has 0 heterocycles. The van der Waals surface area contributed by atoms with Gasteiger partial charge in [0.25, 0.3) is 0 Å². The molecule has 0 fully saturated rings. The Morgan fingerprint density at radius 1 is 1.00 bits per heavy atom. The second kappa shape index (κ2) is 10.0. The number of rotatable bonds is 8. The lowest BCUT2D eigenvalue weighted by Crippen LogP contribution is -2.41. The lowest BCUT2D eigenvalue weighted by molar-refractivity contribution is -0.118. The Hall–Kier alpha value is -2.91. The first-order valence-electron chi connectivity index (χ1n) is 9.13. The maximum absolute atomic E-state index is 12.4. The molecule has 2 rings (SSSR count). The summed E-state index contributed by atoms with van der Waals surface area (Å²) in [6.45, 7) is 3.77. The van der Waals surface area contributed by atoms with Gasteiger partial charge in [0.05, 0.1) is 11.4 Å². The van der Waals surface area contributed by atoms with Gasteiger partial charge in [-0.2, -0.15) is 4.31 Å². The van der Waals surface area contributed by atoms with Crippen molar-refractivity contribution in [2.75, 3.05) is 18.9 Å². The second-order valence-corrected chi connectivity index (χ2v) is 8.71. The molecule has 8 nitrogen and oxygen atoms in total. The number of nitrogens with one attached hydrogen (secondary N) is 3. The molecule has 0 aliphatic rings. The van der Waals surface area contributed by atoms with Gasteiger partial charge < -0.3 is 10.6 Å². The molecule has 0 aliphatic heterocycles. The van der Waals surface area contributed by atoms with Gasteiger partial charge in [0, 0.05) is 25.3 Å². The van der Waals surface area contributed by atoms with E-state index in [1.165, 1.54) is 23.5 Å². The van der Waals surface area contributed by atoms with Crippen LogP contribution in [0.4, 0.5) is 10.5 Å². The Bertz CT molecular complexity index is 929. The summed E-state index contributed by atoms with van der Waals surface area (Å²) in [7, 11) is -2.03. The van der Waals surface area contributed by atoms with Crippen molar-refractivity contribution < 1.29 is 18.0 Å². The van der Waals surface area contributed by atoms with Crippen LogP contribution in [0.5, 0.6) is 0 Å². The maximum Gasteiger partial charge on any atom is 0.321 e. The highest BCUT2D eigenvalue weighted by Gasteiger charge is 2.22. The van der Waals surface area contributed by atoms with Crippen LogP contribution in [-0.4, -0.2) is 44.3 Å². The zero-order valence-corrected chi connectivity index (χ0v) is 17.5. The van der Waals surface area contributed by atoms with E-state index in [1.807, 2.05) is 30.3 Å². The first kappa shape index (κ1) is 22.4. The Kier molecular flexibility index (Phi) is 7.74. The molecule has 0 radical (unpaired) electrons. The van der Waals surface area contributed by atoms with E-state index in [1.54, 1.807) is 26.0 Å². The fourth-order valence-electron chi connectivity index (χ4n) is 2.36. The molecule has 3 N–H and O–H groups in total. The Morgan fingerprint density at radius 2 is 1.62 bits per heavy atom. The van der Waals surface area contributed by atoms with Gasteiger partial charge in [0.15, 0.2) is 0 Å². The number of amides is 3. The number of carbonyl (C=O) groups is 2. The number of hydrogen-bond acceptors (Lipinski definition) is 5. The van der Waals surface area contributed by atoms with Gasteiger partial charge >= 0.3 is 6.03 Å². The summed E-state index contributed by atoms with van der Waals surface area (Å²) in [6.07, 6.45) is 0. The molecular formula is C20H26N4O4S. The van der Waals surface area contributed by atoms with Gasteiger partial charge in [-0.05, 0) is 43.7 Å². The number of benzene rings is 2. The summed E-state index contributed by atoms with van der Waals surface area (Å²) in [5.41, 5.74) is 1.49. The van der Waals surface area contributed by atoms with Gasteiger partial charge in [-0.1, -0.05) is 30.3 Å². The molecule has 0 saturated heterocycles. The third-order valence-corrected chi connectivity index (χ3v) is 6.31. The summed E-state index contributed by atoms with van der Waals surface area (Å²) in [5.74, 6) is -0.508. The fraction of sp³-hybridized carbons (Fsp3) is 0.300. The molecule has 0 spiro atoms. The van der Waals surface area contributed by atoms with Crippen LogP contribution < -0.4 is 16.0 Å². The molecule has 0 atom stereocenters. The standard InChI is InChI=1S/C20H26N4O4S/c1-15(2)24(3)29(27,28)18-11-9-17(10-12-18)21-14-19(25)23-20(26)22-13-16-7-5-4-6-8-16/h4-12,15,21H,13-14H2,1-3H3,(H2,22,23,25,26). The lowest BCUT2D eigenvalue weighted by Gasteiger charge is -2.21. The fourth-order valence-corrected chi connectivity index (χ4v) is 3.73.